The predicted octanol–water partition coefficient (Wildman–Crippen LogP) is 3.62. The first-order chi connectivity index (χ1) is 9.36. The Kier molecular flexibility index (Phi) is 4.82. The minimum absolute atomic E-state index is 0.311. The molecule has 4 nitrogen and oxygen atoms in total. The third-order valence-corrected chi connectivity index (χ3v) is 4.88. The first-order valence-corrected chi connectivity index (χ1v) is 9.18. The molecule has 0 amide bonds. The van der Waals surface area contributed by atoms with Crippen molar-refractivity contribution in [2.45, 2.75) is 11.4 Å². The van der Waals surface area contributed by atoms with E-state index in [4.69, 9.17) is 0 Å². The van der Waals surface area contributed by atoms with Crippen molar-refractivity contribution in [3.05, 3.63) is 51.2 Å². The fourth-order valence-corrected chi connectivity index (χ4v) is 3.34. The monoisotopic (exact) mass is 418 g/mol. The summed E-state index contributed by atoms with van der Waals surface area (Å²) in [5.74, 6) is 0. The third-order valence-electron chi connectivity index (χ3n) is 2.63. The largest absolute Gasteiger partial charge is 0.379 e. The molecule has 0 bridgehead atoms. The molecule has 1 aromatic heterocycles. The number of halogens is 2. The summed E-state index contributed by atoms with van der Waals surface area (Å²) >= 11 is 6.80. The normalized spacial score (nSPS) is 11.3. The summed E-state index contributed by atoms with van der Waals surface area (Å²) in [5, 5.41) is 3.20. The summed E-state index contributed by atoms with van der Waals surface area (Å²) in [4.78, 5) is 4.61. The molecule has 0 atom stereocenters. The van der Waals surface area contributed by atoms with Crippen LogP contribution in [0.15, 0.2) is 50.4 Å². The zero-order chi connectivity index (χ0) is 14.8. The Hall–Kier alpha value is -0.920. The van der Waals surface area contributed by atoms with Crippen molar-refractivity contribution in [3.8, 4) is 0 Å². The average Bonchev–Trinajstić information content (AvgIpc) is 2.37. The van der Waals surface area contributed by atoms with Crippen molar-refractivity contribution in [1.82, 2.24) is 4.98 Å². The number of nitrogens with zero attached hydrogens (tertiary/aromatic N) is 1. The van der Waals surface area contributed by atoms with E-state index in [1.54, 1.807) is 30.5 Å². The number of hydrogen-bond donors (Lipinski definition) is 1. The fourth-order valence-electron chi connectivity index (χ4n) is 1.58. The van der Waals surface area contributed by atoms with E-state index in [1.807, 2.05) is 6.07 Å². The maximum absolute atomic E-state index is 11.4. The van der Waals surface area contributed by atoms with E-state index in [0.29, 0.717) is 11.4 Å². The summed E-state index contributed by atoms with van der Waals surface area (Å²) in [6, 6.07) is 8.58. The van der Waals surface area contributed by atoms with Gasteiger partial charge >= 0.3 is 0 Å². The summed E-state index contributed by atoms with van der Waals surface area (Å²) in [6.45, 7) is 0.548. The minimum Gasteiger partial charge on any atom is -0.379 e. The zero-order valence-corrected chi connectivity index (χ0v) is 14.6. The van der Waals surface area contributed by atoms with Crippen molar-refractivity contribution < 1.29 is 8.42 Å². The van der Waals surface area contributed by atoms with Crippen LogP contribution in [0.3, 0.4) is 0 Å². The number of benzene rings is 1. The van der Waals surface area contributed by atoms with Gasteiger partial charge in [-0.05, 0) is 62.2 Å². The van der Waals surface area contributed by atoms with Gasteiger partial charge in [0.1, 0.15) is 0 Å². The molecule has 106 valence electrons. The van der Waals surface area contributed by atoms with Gasteiger partial charge in [0.15, 0.2) is 9.84 Å². The number of anilines is 1. The van der Waals surface area contributed by atoms with Gasteiger partial charge in [0, 0.05) is 27.1 Å². The van der Waals surface area contributed by atoms with Gasteiger partial charge in [-0.15, -0.1) is 0 Å². The fraction of sp³-hybridized carbons (Fsp3) is 0.154. The van der Waals surface area contributed by atoms with E-state index in [0.717, 1.165) is 20.3 Å². The van der Waals surface area contributed by atoms with Crippen LogP contribution in [0.4, 0.5) is 5.69 Å². The molecule has 0 saturated carbocycles. The second kappa shape index (κ2) is 6.24. The highest BCUT2D eigenvalue weighted by Crippen LogP contribution is 2.21. The van der Waals surface area contributed by atoms with Crippen molar-refractivity contribution in [3.63, 3.8) is 0 Å². The van der Waals surface area contributed by atoms with Gasteiger partial charge < -0.3 is 5.32 Å². The SMILES string of the molecule is CS(=O)(=O)c1ccc(NCc2ncc(Br)cc2Br)cc1. The first-order valence-electron chi connectivity index (χ1n) is 5.70. The zero-order valence-electron chi connectivity index (χ0n) is 10.6. The molecule has 0 saturated heterocycles. The Morgan fingerprint density at radius 2 is 1.85 bits per heavy atom. The minimum atomic E-state index is -3.15. The molecule has 0 unspecified atom stereocenters. The smallest absolute Gasteiger partial charge is 0.175 e. The second-order valence-electron chi connectivity index (χ2n) is 4.23. The van der Waals surface area contributed by atoms with Gasteiger partial charge in [0.25, 0.3) is 0 Å². The van der Waals surface area contributed by atoms with E-state index >= 15 is 0 Å². The highest BCUT2D eigenvalue weighted by Gasteiger charge is 2.06. The number of aromatic nitrogens is 1. The number of sulfone groups is 1. The van der Waals surface area contributed by atoms with E-state index < -0.39 is 9.84 Å². The maximum Gasteiger partial charge on any atom is 0.175 e. The standard InChI is InChI=1S/C13H12Br2N2O2S/c1-20(18,19)11-4-2-10(3-5-11)16-8-13-12(15)6-9(14)7-17-13/h2-7,16H,8H2,1H3. The van der Waals surface area contributed by atoms with Crippen LogP contribution in [0.1, 0.15) is 5.69 Å². The molecular formula is C13H12Br2N2O2S. The summed E-state index contributed by atoms with van der Waals surface area (Å²) in [7, 11) is -3.15. The van der Waals surface area contributed by atoms with Crippen LogP contribution < -0.4 is 5.32 Å². The number of pyridine rings is 1. The van der Waals surface area contributed by atoms with Gasteiger partial charge in [-0.2, -0.15) is 0 Å². The van der Waals surface area contributed by atoms with Crippen LogP contribution in [-0.2, 0) is 16.4 Å². The number of nitrogens with one attached hydrogen (secondary N) is 1. The Morgan fingerprint density at radius 1 is 1.20 bits per heavy atom. The van der Waals surface area contributed by atoms with Crippen LogP contribution in [0.2, 0.25) is 0 Å². The lowest BCUT2D eigenvalue weighted by atomic mass is 10.3. The third kappa shape index (κ3) is 4.04. The first kappa shape index (κ1) is 15.5. The molecule has 2 rings (SSSR count). The molecule has 1 aromatic carbocycles. The average molecular weight is 420 g/mol. The molecule has 2 aromatic rings. The Balaban J connectivity index is 2.08. The van der Waals surface area contributed by atoms with E-state index in [1.165, 1.54) is 6.26 Å². The quantitative estimate of drug-likeness (QED) is 0.821. The van der Waals surface area contributed by atoms with Gasteiger partial charge in [0.2, 0.25) is 0 Å². The highest BCUT2D eigenvalue weighted by atomic mass is 79.9. The van der Waals surface area contributed by atoms with Crippen molar-refractivity contribution in [2.24, 2.45) is 0 Å². The number of rotatable bonds is 4. The van der Waals surface area contributed by atoms with Gasteiger partial charge in [-0.3, -0.25) is 4.98 Å². The molecule has 1 N–H and O–H groups in total. The predicted molar refractivity (Wildman–Crippen MR) is 86.5 cm³/mol. The lowest BCUT2D eigenvalue weighted by Crippen LogP contribution is -2.03. The highest BCUT2D eigenvalue weighted by molar-refractivity contribution is 9.11. The van der Waals surface area contributed by atoms with Crippen molar-refractivity contribution >= 4 is 47.4 Å². The summed E-state index contributed by atoms with van der Waals surface area (Å²) < 4.78 is 24.5. The van der Waals surface area contributed by atoms with Crippen LogP contribution in [-0.4, -0.2) is 19.7 Å². The van der Waals surface area contributed by atoms with Crippen molar-refractivity contribution in [1.29, 1.82) is 0 Å². The van der Waals surface area contributed by atoms with Gasteiger partial charge in [-0.25, -0.2) is 8.42 Å². The van der Waals surface area contributed by atoms with Gasteiger partial charge in [-0.1, -0.05) is 0 Å². The van der Waals surface area contributed by atoms with E-state index in [9.17, 15) is 8.42 Å². The molecule has 7 heteroatoms. The Morgan fingerprint density at radius 3 is 2.40 bits per heavy atom. The molecule has 0 aliphatic rings. The van der Waals surface area contributed by atoms with Crippen LogP contribution >= 0.6 is 31.9 Å². The lowest BCUT2D eigenvalue weighted by molar-refractivity contribution is 0.602. The van der Waals surface area contributed by atoms with Crippen LogP contribution in [0.25, 0.3) is 0 Å². The van der Waals surface area contributed by atoms with Crippen molar-refractivity contribution in [2.75, 3.05) is 11.6 Å². The molecule has 0 aliphatic carbocycles. The molecule has 0 aliphatic heterocycles. The maximum atomic E-state index is 11.4. The van der Waals surface area contributed by atoms with E-state index in [2.05, 4.69) is 42.2 Å². The van der Waals surface area contributed by atoms with Crippen LogP contribution in [0.5, 0.6) is 0 Å². The van der Waals surface area contributed by atoms with Crippen LogP contribution in [0, 0.1) is 0 Å². The molecule has 20 heavy (non-hydrogen) atoms. The van der Waals surface area contributed by atoms with Gasteiger partial charge in [0.05, 0.1) is 17.1 Å². The second-order valence-corrected chi connectivity index (χ2v) is 8.02. The number of hydrogen-bond acceptors (Lipinski definition) is 4. The molecule has 0 spiro atoms. The summed E-state index contributed by atoms with van der Waals surface area (Å²) in [6.07, 6.45) is 2.92. The Bertz CT molecular complexity index is 716. The topological polar surface area (TPSA) is 59.1 Å². The molecule has 0 radical (unpaired) electrons. The molecular weight excluding hydrogens is 408 g/mol. The van der Waals surface area contributed by atoms with E-state index in [-0.39, 0.29) is 0 Å². The summed E-state index contributed by atoms with van der Waals surface area (Å²) in [5.41, 5.74) is 1.72. The lowest BCUT2D eigenvalue weighted by Gasteiger charge is -2.08. The molecule has 1 heterocycles. The molecule has 0 fully saturated rings. The Labute approximate surface area is 134 Å².